The molecule has 2 amide bonds. The van der Waals surface area contributed by atoms with Gasteiger partial charge >= 0.3 is 0 Å². The molecule has 0 bridgehead atoms. The lowest BCUT2D eigenvalue weighted by Crippen LogP contribution is -2.26. The van der Waals surface area contributed by atoms with Crippen LogP contribution in [-0.4, -0.2) is 22.8 Å². The minimum Gasteiger partial charge on any atom is -0.349 e. The van der Waals surface area contributed by atoms with Crippen LogP contribution in [0, 0.1) is 6.92 Å². The predicted molar refractivity (Wildman–Crippen MR) is 93.2 cm³/mol. The van der Waals surface area contributed by atoms with E-state index >= 15 is 0 Å². The van der Waals surface area contributed by atoms with E-state index < -0.39 is 0 Å². The highest BCUT2D eigenvalue weighted by molar-refractivity contribution is 6.06. The average Bonchev–Trinajstić information content (AvgIpc) is 3.40. The van der Waals surface area contributed by atoms with E-state index in [1.54, 1.807) is 6.07 Å². The third-order valence-corrected chi connectivity index (χ3v) is 4.15. The molecule has 1 aromatic carbocycles. The highest BCUT2D eigenvalue weighted by atomic mass is 16.2. The van der Waals surface area contributed by atoms with Gasteiger partial charge < -0.3 is 10.6 Å². The first-order chi connectivity index (χ1) is 11.6. The van der Waals surface area contributed by atoms with Crippen molar-refractivity contribution in [3.05, 3.63) is 58.9 Å². The first kappa shape index (κ1) is 16.2. The van der Waals surface area contributed by atoms with Gasteiger partial charge in [-0.05, 0) is 43.4 Å². The van der Waals surface area contributed by atoms with Crippen molar-refractivity contribution in [2.24, 2.45) is 0 Å². The van der Waals surface area contributed by atoms with E-state index in [1.165, 1.54) is 12.4 Å². The Hall–Kier alpha value is -2.69. The van der Waals surface area contributed by atoms with Gasteiger partial charge in [-0.1, -0.05) is 25.1 Å². The fourth-order valence-electron chi connectivity index (χ4n) is 2.57. The number of benzene rings is 1. The first-order valence-corrected chi connectivity index (χ1v) is 8.24. The number of nitrogens with zero attached hydrogens (tertiary/aromatic N) is 1. The van der Waals surface area contributed by atoms with Gasteiger partial charge in [0.05, 0.1) is 11.1 Å². The maximum absolute atomic E-state index is 12.6. The number of para-hydroxylation sites is 1. The summed E-state index contributed by atoms with van der Waals surface area (Å²) < 4.78 is 0. The van der Waals surface area contributed by atoms with Gasteiger partial charge in [-0.3, -0.25) is 14.6 Å². The molecular formula is C19H21N3O2. The van der Waals surface area contributed by atoms with Crippen LogP contribution in [0.5, 0.6) is 0 Å². The Morgan fingerprint density at radius 2 is 1.88 bits per heavy atom. The van der Waals surface area contributed by atoms with E-state index in [0.717, 1.165) is 36.1 Å². The van der Waals surface area contributed by atoms with Crippen LogP contribution in [0.15, 0.2) is 36.7 Å². The highest BCUT2D eigenvalue weighted by Gasteiger charge is 2.24. The van der Waals surface area contributed by atoms with Gasteiger partial charge in [0, 0.05) is 24.1 Å². The smallest absolute Gasteiger partial charge is 0.257 e. The van der Waals surface area contributed by atoms with Gasteiger partial charge in [0.1, 0.15) is 0 Å². The third-order valence-electron chi connectivity index (χ3n) is 4.15. The molecule has 1 aliphatic rings. The van der Waals surface area contributed by atoms with E-state index in [4.69, 9.17) is 0 Å². The largest absolute Gasteiger partial charge is 0.349 e. The Morgan fingerprint density at radius 3 is 2.54 bits per heavy atom. The second kappa shape index (κ2) is 6.83. The number of nitrogens with one attached hydrogen (secondary N) is 2. The molecule has 2 N–H and O–H groups in total. The van der Waals surface area contributed by atoms with Gasteiger partial charge in [-0.15, -0.1) is 0 Å². The lowest BCUT2D eigenvalue weighted by atomic mass is 10.1. The maximum Gasteiger partial charge on any atom is 0.257 e. The van der Waals surface area contributed by atoms with Crippen molar-refractivity contribution in [1.29, 1.82) is 0 Å². The summed E-state index contributed by atoms with van der Waals surface area (Å²) >= 11 is 0. The van der Waals surface area contributed by atoms with Crippen LogP contribution < -0.4 is 10.6 Å². The number of hydrogen-bond donors (Lipinski definition) is 2. The quantitative estimate of drug-likeness (QED) is 0.888. The lowest BCUT2D eigenvalue weighted by molar-refractivity contribution is 0.0950. The number of carbonyl (C=O) groups excluding carboxylic acids is 2. The SMILES string of the molecule is CCc1cccc(C)c1NC(=O)c1cncc(C(=O)NC2CC2)c1. The molecule has 1 aromatic heterocycles. The second-order valence-corrected chi connectivity index (χ2v) is 6.13. The summed E-state index contributed by atoms with van der Waals surface area (Å²) in [6.45, 7) is 4.02. The number of anilines is 1. The minimum atomic E-state index is -0.257. The molecule has 0 aliphatic heterocycles. The number of pyridine rings is 1. The Bertz CT molecular complexity index is 782. The molecule has 2 aromatic rings. The Morgan fingerprint density at radius 1 is 1.17 bits per heavy atom. The molecule has 0 saturated heterocycles. The van der Waals surface area contributed by atoms with Gasteiger partial charge in [0.15, 0.2) is 0 Å². The number of hydrogen-bond acceptors (Lipinski definition) is 3. The summed E-state index contributed by atoms with van der Waals surface area (Å²) in [7, 11) is 0. The van der Waals surface area contributed by atoms with Crippen LogP contribution in [0.3, 0.4) is 0 Å². The second-order valence-electron chi connectivity index (χ2n) is 6.13. The molecule has 1 heterocycles. The van der Waals surface area contributed by atoms with Gasteiger partial charge in [0.2, 0.25) is 0 Å². The number of carbonyl (C=O) groups is 2. The van der Waals surface area contributed by atoms with Crippen molar-refractivity contribution in [2.45, 2.75) is 39.2 Å². The molecule has 1 aliphatic carbocycles. The van der Waals surface area contributed by atoms with E-state index in [0.29, 0.717) is 11.1 Å². The van der Waals surface area contributed by atoms with E-state index in [2.05, 4.69) is 22.5 Å². The standard InChI is InChI=1S/C19H21N3O2/c1-3-13-6-4-5-12(2)17(13)22-19(24)15-9-14(10-20-11-15)18(23)21-16-7-8-16/h4-6,9-11,16H,3,7-8H2,1-2H3,(H,21,23)(H,22,24). The fraction of sp³-hybridized carbons (Fsp3) is 0.316. The molecule has 1 fully saturated rings. The van der Waals surface area contributed by atoms with Crippen LogP contribution in [0.1, 0.15) is 51.6 Å². The average molecular weight is 323 g/mol. The zero-order chi connectivity index (χ0) is 17.1. The molecular weight excluding hydrogens is 302 g/mol. The summed E-state index contributed by atoms with van der Waals surface area (Å²) in [5.74, 6) is -0.433. The van der Waals surface area contributed by atoms with Crippen molar-refractivity contribution >= 4 is 17.5 Å². The summed E-state index contributed by atoms with van der Waals surface area (Å²) in [6.07, 6.45) is 5.84. The number of amides is 2. The molecule has 3 rings (SSSR count). The Balaban J connectivity index is 1.79. The van der Waals surface area contributed by atoms with Crippen LogP contribution in [-0.2, 0) is 6.42 Å². The van der Waals surface area contributed by atoms with Crippen molar-refractivity contribution in [3.8, 4) is 0 Å². The van der Waals surface area contributed by atoms with E-state index in [1.807, 2.05) is 25.1 Å². The van der Waals surface area contributed by atoms with Crippen LogP contribution in [0.4, 0.5) is 5.69 Å². The molecule has 5 heteroatoms. The third kappa shape index (κ3) is 3.62. The fourth-order valence-corrected chi connectivity index (χ4v) is 2.57. The van der Waals surface area contributed by atoms with Crippen LogP contribution in [0.2, 0.25) is 0 Å². The number of aromatic nitrogens is 1. The summed E-state index contributed by atoms with van der Waals surface area (Å²) in [6, 6.07) is 7.81. The molecule has 24 heavy (non-hydrogen) atoms. The number of rotatable bonds is 5. The molecule has 0 spiro atoms. The number of aryl methyl sites for hydroxylation is 2. The zero-order valence-corrected chi connectivity index (χ0v) is 13.9. The minimum absolute atomic E-state index is 0.176. The normalized spacial score (nSPS) is 13.4. The predicted octanol–water partition coefficient (Wildman–Crippen LogP) is 3.10. The monoisotopic (exact) mass is 323 g/mol. The van der Waals surface area contributed by atoms with Crippen molar-refractivity contribution in [1.82, 2.24) is 10.3 Å². The molecule has 0 atom stereocenters. The van der Waals surface area contributed by atoms with Gasteiger partial charge in [0.25, 0.3) is 11.8 Å². The maximum atomic E-state index is 12.6. The van der Waals surface area contributed by atoms with Crippen molar-refractivity contribution in [2.75, 3.05) is 5.32 Å². The van der Waals surface area contributed by atoms with E-state index in [-0.39, 0.29) is 17.9 Å². The molecule has 124 valence electrons. The first-order valence-electron chi connectivity index (χ1n) is 8.24. The topological polar surface area (TPSA) is 71.1 Å². The van der Waals surface area contributed by atoms with Crippen LogP contribution in [0.25, 0.3) is 0 Å². The molecule has 5 nitrogen and oxygen atoms in total. The summed E-state index contributed by atoms with van der Waals surface area (Å²) in [5.41, 5.74) is 3.72. The summed E-state index contributed by atoms with van der Waals surface area (Å²) in [4.78, 5) is 28.7. The molecule has 1 saturated carbocycles. The molecule has 0 radical (unpaired) electrons. The zero-order valence-electron chi connectivity index (χ0n) is 13.9. The van der Waals surface area contributed by atoms with E-state index in [9.17, 15) is 9.59 Å². The van der Waals surface area contributed by atoms with Gasteiger partial charge in [-0.25, -0.2) is 0 Å². The van der Waals surface area contributed by atoms with Crippen molar-refractivity contribution in [3.63, 3.8) is 0 Å². The molecule has 0 unspecified atom stereocenters. The summed E-state index contributed by atoms with van der Waals surface area (Å²) in [5, 5.41) is 5.86. The highest BCUT2D eigenvalue weighted by Crippen LogP contribution is 2.22. The van der Waals surface area contributed by atoms with Gasteiger partial charge in [-0.2, -0.15) is 0 Å². The lowest BCUT2D eigenvalue weighted by Gasteiger charge is -2.13. The van der Waals surface area contributed by atoms with Crippen molar-refractivity contribution < 1.29 is 9.59 Å². The van der Waals surface area contributed by atoms with Crippen LogP contribution >= 0.6 is 0 Å². The Labute approximate surface area is 141 Å². The Kier molecular flexibility index (Phi) is 4.60.